The first-order valence-corrected chi connectivity index (χ1v) is 6.56. The van der Waals surface area contributed by atoms with Crippen LogP contribution in [0, 0.1) is 0 Å². The summed E-state index contributed by atoms with van der Waals surface area (Å²) in [5.41, 5.74) is 10.8. The standard InChI is InChI=1S/C11H18N4OS.HI/c12-11(13)14-8-9(10-2-1-7-17-10)15-3-5-16-6-4-15;/h1-2,7,9H,3-6,8H2,(H4,12,13,14);1H. The van der Waals surface area contributed by atoms with E-state index in [4.69, 9.17) is 16.2 Å². The molecule has 7 heteroatoms. The van der Waals surface area contributed by atoms with Gasteiger partial charge in [0.2, 0.25) is 0 Å². The van der Waals surface area contributed by atoms with Crippen LogP contribution in [0.2, 0.25) is 0 Å². The lowest BCUT2D eigenvalue weighted by Gasteiger charge is -2.33. The van der Waals surface area contributed by atoms with Crippen molar-refractivity contribution in [1.29, 1.82) is 0 Å². The van der Waals surface area contributed by atoms with Crippen molar-refractivity contribution < 1.29 is 4.74 Å². The number of ether oxygens (including phenoxy) is 1. The van der Waals surface area contributed by atoms with Crippen LogP contribution in [0.25, 0.3) is 0 Å². The Hall–Kier alpha value is -0.380. The summed E-state index contributed by atoms with van der Waals surface area (Å²) in [6, 6.07) is 4.46. The first-order chi connectivity index (χ1) is 8.27. The van der Waals surface area contributed by atoms with E-state index in [1.165, 1.54) is 4.88 Å². The molecule has 0 spiro atoms. The van der Waals surface area contributed by atoms with Crippen molar-refractivity contribution >= 4 is 41.3 Å². The van der Waals surface area contributed by atoms with Crippen LogP contribution in [0.3, 0.4) is 0 Å². The molecule has 0 aromatic carbocycles. The molecule has 1 atom stereocenters. The lowest BCUT2D eigenvalue weighted by atomic mass is 10.2. The molecule has 1 aromatic heterocycles. The van der Waals surface area contributed by atoms with Crippen LogP contribution in [0.5, 0.6) is 0 Å². The molecule has 0 bridgehead atoms. The summed E-state index contributed by atoms with van der Waals surface area (Å²) < 4.78 is 5.37. The number of nitrogens with two attached hydrogens (primary N) is 2. The smallest absolute Gasteiger partial charge is 0.185 e. The molecular formula is C11H19IN4OS. The van der Waals surface area contributed by atoms with E-state index < -0.39 is 0 Å². The highest BCUT2D eigenvalue weighted by Crippen LogP contribution is 2.26. The number of guanidine groups is 1. The molecule has 18 heavy (non-hydrogen) atoms. The van der Waals surface area contributed by atoms with Gasteiger partial charge in [-0.25, -0.2) is 0 Å². The van der Waals surface area contributed by atoms with Gasteiger partial charge in [0.1, 0.15) is 0 Å². The molecular weight excluding hydrogens is 363 g/mol. The highest BCUT2D eigenvalue weighted by Gasteiger charge is 2.22. The van der Waals surface area contributed by atoms with Gasteiger partial charge >= 0.3 is 0 Å². The number of thiophene rings is 1. The third-order valence-corrected chi connectivity index (χ3v) is 3.78. The number of aliphatic imine (C=N–C) groups is 1. The fourth-order valence-electron chi connectivity index (χ4n) is 1.95. The van der Waals surface area contributed by atoms with Crippen LogP contribution >= 0.6 is 35.3 Å². The summed E-state index contributed by atoms with van der Waals surface area (Å²) in [6.45, 7) is 4.04. The first kappa shape index (κ1) is 15.7. The second-order valence-electron chi connectivity index (χ2n) is 3.95. The Morgan fingerprint density at radius 1 is 1.44 bits per heavy atom. The molecule has 1 aliphatic heterocycles. The maximum atomic E-state index is 5.41. The first-order valence-electron chi connectivity index (χ1n) is 5.68. The van der Waals surface area contributed by atoms with E-state index >= 15 is 0 Å². The van der Waals surface area contributed by atoms with Gasteiger partial charge in [-0.2, -0.15) is 0 Å². The number of hydrogen-bond acceptors (Lipinski definition) is 4. The molecule has 1 saturated heterocycles. The molecule has 1 aliphatic rings. The molecule has 0 saturated carbocycles. The van der Waals surface area contributed by atoms with Gasteiger partial charge in [0.05, 0.1) is 25.8 Å². The Bertz CT molecular complexity index is 361. The van der Waals surface area contributed by atoms with Crippen molar-refractivity contribution in [3.8, 4) is 0 Å². The lowest BCUT2D eigenvalue weighted by Crippen LogP contribution is -2.40. The topological polar surface area (TPSA) is 76.9 Å². The lowest BCUT2D eigenvalue weighted by molar-refractivity contribution is 0.0187. The maximum Gasteiger partial charge on any atom is 0.185 e. The summed E-state index contributed by atoms with van der Waals surface area (Å²) >= 11 is 1.74. The normalized spacial score (nSPS) is 17.8. The summed E-state index contributed by atoms with van der Waals surface area (Å²) in [4.78, 5) is 7.83. The van der Waals surface area contributed by atoms with Crippen molar-refractivity contribution in [2.24, 2.45) is 16.5 Å². The van der Waals surface area contributed by atoms with Crippen LogP contribution in [-0.2, 0) is 4.74 Å². The molecule has 0 radical (unpaired) electrons. The quantitative estimate of drug-likeness (QED) is 0.463. The average Bonchev–Trinajstić information content (AvgIpc) is 2.84. The molecule has 1 aromatic rings. The fourth-order valence-corrected chi connectivity index (χ4v) is 2.80. The number of halogens is 1. The molecule has 0 aliphatic carbocycles. The van der Waals surface area contributed by atoms with Crippen LogP contribution in [-0.4, -0.2) is 43.7 Å². The molecule has 5 nitrogen and oxygen atoms in total. The van der Waals surface area contributed by atoms with Gasteiger partial charge in [-0.05, 0) is 11.4 Å². The average molecular weight is 382 g/mol. The van der Waals surface area contributed by atoms with Gasteiger partial charge < -0.3 is 16.2 Å². The van der Waals surface area contributed by atoms with Gasteiger partial charge in [-0.3, -0.25) is 9.89 Å². The largest absolute Gasteiger partial charge is 0.379 e. The second kappa shape index (κ2) is 7.93. The molecule has 102 valence electrons. The van der Waals surface area contributed by atoms with Crippen LogP contribution in [0.15, 0.2) is 22.5 Å². The summed E-state index contributed by atoms with van der Waals surface area (Å²) in [5.74, 6) is 0.153. The van der Waals surface area contributed by atoms with Crippen molar-refractivity contribution in [3.63, 3.8) is 0 Å². The number of morpholine rings is 1. The van der Waals surface area contributed by atoms with E-state index in [1.807, 2.05) is 0 Å². The van der Waals surface area contributed by atoms with Crippen LogP contribution in [0.1, 0.15) is 10.9 Å². The van der Waals surface area contributed by atoms with Crippen molar-refractivity contribution in [2.75, 3.05) is 32.8 Å². The third kappa shape index (κ3) is 4.38. The van der Waals surface area contributed by atoms with E-state index in [2.05, 4.69) is 27.4 Å². The predicted molar refractivity (Wildman–Crippen MR) is 85.5 cm³/mol. The Kier molecular flexibility index (Phi) is 6.90. The summed E-state index contributed by atoms with van der Waals surface area (Å²) in [6.07, 6.45) is 0. The van der Waals surface area contributed by atoms with E-state index in [1.54, 1.807) is 11.3 Å². The second-order valence-corrected chi connectivity index (χ2v) is 4.92. The zero-order valence-corrected chi connectivity index (χ0v) is 13.3. The van der Waals surface area contributed by atoms with Crippen molar-refractivity contribution in [1.82, 2.24) is 4.90 Å². The van der Waals surface area contributed by atoms with Gasteiger partial charge in [0.25, 0.3) is 0 Å². The fraction of sp³-hybridized carbons (Fsp3) is 0.545. The van der Waals surface area contributed by atoms with Gasteiger partial charge in [-0.1, -0.05) is 6.07 Å². The number of hydrogen-bond donors (Lipinski definition) is 2. The number of nitrogens with zero attached hydrogens (tertiary/aromatic N) is 2. The molecule has 2 rings (SSSR count). The molecule has 1 fully saturated rings. The molecule has 4 N–H and O–H groups in total. The van der Waals surface area contributed by atoms with Gasteiger partial charge in [-0.15, -0.1) is 35.3 Å². The van der Waals surface area contributed by atoms with Crippen molar-refractivity contribution in [2.45, 2.75) is 6.04 Å². The SMILES string of the molecule is I.NC(N)=NCC(c1cccs1)N1CCOCC1. The van der Waals surface area contributed by atoms with E-state index in [9.17, 15) is 0 Å². The van der Waals surface area contributed by atoms with Gasteiger partial charge in [0, 0.05) is 18.0 Å². The summed E-state index contributed by atoms with van der Waals surface area (Å²) in [5, 5.41) is 2.08. The minimum Gasteiger partial charge on any atom is -0.379 e. The molecule has 2 heterocycles. The van der Waals surface area contributed by atoms with Crippen LogP contribution < -0.4 is 11.5 Å². The van der Waals surface area contributed by atoms with Crippen molar-refractivity contribution in [3.05, 3.63) is 22.4 Å². The Morgan fingerprint density at radius 3 is 2.72 bits per heavy atom. The van der Waals surface area contributed by atoms with E-state index in [0.29, 0.717) is 6.54 Å². The summed E-state index contributed by atoms with van der Waals surface area (Å²) in [7, 11) is 0. The zero-order chi connectivity index (χ0) is 12.1. The monoisotopic (exact) mass is 382 g/mol. The Balaban J connectivity index is 0.00000162. The molecule has 0 amide bonds. The van der Waals surface area contributed by atoms with E-state index in [0.717, 1.165) is 26.3 Å². The third-order valence-electron chi connectivity index (χ3n) is 2.80. The van der Waals surface area contributed by atoms with Crippen LogP contribution in [0.4, 0.5) is 0 Å². The highest BCUT2D eigenvalue weighted by molar-refractivity contribution is 14.0. The minimum absolute atomic E-state index is 0. The predicted octanol–water partition coefficient (Wildman–Crippen LogP) is 1.01. The zero-order valence-electron chi connectivity index (χ0n) is 10.1. The maximum absolute atomic E-state index is 5.41. The molecule has 1 unspecified atom stereocenters. The van der Waals surface area contributed by atoms with E-state index in [-0.39, 0.29) is 36.0 Å². The number of rotatable bonds is 4. The minimum atomic E-state index is 0. The van der Waals surface area contributed by atoms with Gasteiger partial charge in [0.15, 0.2) is 5.96 Å². The highest BCUT2D eigenvalue weighted by atomic mass is 127. The Labute approximate surface area is 128 Å². The Morgan fingerprint density at radius 2 is 2.17 bits per heavy atom.